The van der Waals surface area contributed by atoms with Crippen LogP contribution in [0.2, 0.25) is 5.02 Å². The van der Waals surface area contributed by atoms with E-state index in [2.05, 4.69) is 65.7 Å². The second-order valence-corrected chi connectivity index (χ2v) is 7.02. The molecule has 2 unspecified atom stereocenters. The van der Waals surface area contributed by atoms with Gasteiger partial charge in [-0.05, 0) is 53.6 Å². The largest absolute Gasteiger partial charge is 0.364 e. The van der Waals surface area contributed by atoms with Crippen LogP contribution in [0.1, 0.15) is 20.8 Å². The van der Waals surface area contributed by atoms with Gasteiger partial charge in [0.2, 0.25) is 0 Å². The summed E-state index contributed by atoms with van der Waals surface area (Å²) in [7, 11) is 0. The maximum absolute atomic E-state index is 6.38. The molecule has 1 N–H and O–H groups in total. The summed E-state index contributed by atoms with van der Waals surface area (Å²) in [6, 6.07) is 7.27. The van der Waals surface area contributed by atoms with Crippen LogP contribution in [0.15, 0.2) is 18.2 Å². The van der Waals surface area contributed by atoms with Crippen LogP contribution in [0.4, 0.5) is 5.69 Å². The Bertz CT molecular complexity index is 422. The minimum Gasteiger partial charge on any atom is -0.364 e. The van der Waals surface area contributed by atoms with Crippen molar-refractivity contribution < 1.29 is 0 Å². The normalized spacial score (nSPS) is 24.7. The van der Waals surface area contributed by atoms with Gasteiger partial charge in [-0.3, -0.25) is 0 Å². The van der Waals surface area contributed by atoms with E-state index in [0.29, 0.717) is 18.0 Å². The molecule has 18 heavy (non-hydrogen) atoms. The van der Waals surface area contributed by atoms with Gasteiger partial charge in [-0.2, -0.15) is 0 Å². The fraction of sp³-hybridized carbons (Fsp3) is 0.571. The lowest BCUT2D eigenvalue weighted by Gasteiger charge is -2.43. The van der Waals surface area contributed by atoms with Crippen molar-refractivity contribution in [1.82, 2.24) is 5.32 Å². The Morgan fingerprint density at radius 1 is 1.44 bits per heavy atom. The first-order chi connectivity index (χ1) is 8.49. The van der Waals surface area contributed by atoms with E-state index < -0.39 is 0 Å². The van der Waals surface area contributed by atoms with Gasteiger partial charge in [0.15, 0.2) is 0 Å². The molecule has 2 atom stereocenters. The molecule has 1 aromatic rings. The molecule has 0 saturated carbocycles. The van der Waals surface area contributed by atoms with Crippen LogP contribution in [0, 0.1) is 9.49 Å². The third-order valence-electron chi connectivity index (χ3n) is 3.53. The SMILES string of the molecule is CC1CN(c2cc(I)ccc2Cl)C(C(C)C)CN1. The van der Waals surface area contributed by atoms with E-state index in [1.165, 1.54) is 9.26 Å². The Kier molecular flexibility index (Phi) is 4.78. The summed E-state index contributed by atoms with van der Waals surface area (Å²) in [5, 5.41) is 4.42. The minimum atomic E-state index is 0.508. The molecule has 0 aromatic heterocycles. The first kappa shape index (κ1) is 14.4. The summed E-state index contributed by atoms with van der Waals surface area (Å²) < 4.78 is 1.24. The molecule has 0 spiro atoms. The molecular formula is C14H20ClIN2. The molecule has 1 aliphatic rings. The molecular weight excluding hydrogens is 359 g/mol. The van der Waals surface area contributed by atoms with E-state index in [4.69, 9.17) is 11.6 Å². The molecule has 0 aliphatic carbocycles. The molecule has 1 saturated heterocycles. The average Bonchev–Trinajstić information content (AvgIpc) is 2.31. The Labute approximate surface area is 128 Å². The third-order valence-corrected chi connectivity index (χ3v) is 4.52. The van der Waals surface area contributed by atoms with Crippen molar-refractivity contribution in [2.45, 2.75) is 32.9 Å². The van der Waals surface area contributed by atoms with Crippen molar-refractivity contribution in [2.75, 3.05) is 18.0 Å². The first-order valence-corrected chi connectivity index (χ1v) is 7.89. The van der Waals surface area contributed by atoms with Crippen molar-refractivity contribution >= 4 is 39.9 Å². The third kappa shape index (κ3) is 3.11. The fourth-order valence-corrected chi connectivity index (χ4v) is 3.21. The first-order valence-electron chi connectivity index (χ1n) is 6.44. The molecule has 1 aromatic carbocycles. The zero-order valence-corrected chi connectivity index (χ0v) is 14.0. The van der Waals surface area contributed by atoms with Crippen molar-refractivity contribution in [2.24, 2.45) is 5.92 Å². The number of rotatable bonds is 2. The van der Waals surface area contributed by atoms with E-state index in [9.17, 15) is 0 Å². The van der Waals surface area contributed by atoms with E-state index in [1.807, 2.05) is 6.07 Å². The maximum atomic E-state index is 6.38. The summed E-state index contributed by atoms with van der Waals surface area (Å²) in [6.45, 7) is 8.82. The quantitative estimate of drug-likeness (QED) is 0.788. The van der Waals surface area contributed by atoms with Crippen molar-refractivity contribution in [1.29, 1.82) is 0 Å². The zero-order valence-electron chi connectivity index (χ0n) is 11.1. The highest BCUT2D eigenvalue weighted by Crippen LogP contribution is 2.32. The molecule has 2 nitrogen and oxygen atoms in total. The van der Waals surface area contributed by atoms with Crippen LogP contribution in [0.3, 0.4) is 0 Å². The van der Waals surface area contributed by atoms with E-state index in [-0.39, 0.29) is 0 Å². The average molecular weight is 379 g/mol. The van der Waals surface area contributed by atoms with Gasteiger partial charge in [0, 0.05) is 28.7 Å². The Hall–Kier alpha value is -0.000000000000000132. The molecule has 100 valence electrons. The summed E-state index contributed by atoms with van der Waals surface area (Å²) >= 11 is 8.73. The van der Waals surface area contributed by atoms with E-state index in [0.717, 1.165) is 18.1 Å². The Morgan fingerprint density at radius 2 is 2.17 bits per heavy atom. The monoisotopic (exact) mass is 378 g/mol. The van der Waals surface area contributed by atoms with E-state index in [1.54, 1.807) is 0 Å². The molecule has 2 rings (SSSR count). The van der Waals surface area contributed by atoms with Crippen LogP contribution in [-0.2, 0) is 0 Å². The van der Waals surface area contributed by atoms with Gasteiger partial charge in [-0.15, -0.1) is 0 Å². The van der Waals surface area contributed by atoms with Gasteiger partial charge >= 0.3 is 0 Å². The lowest BCUT2D eigenvalue weighted by Crippen LogP contribution is -2.57. The summed E-state index contributed by atoms with van der Waals surface area (Å²) in [6.07, 6.45) is 0. The van der Waals surface area contributed by atoms with Crippen molar-refractivity contribution in [3.05, 3.63) is 26.8 Å². The predicted octanol–water partition coefficient (Wildman–Crippen LogP) is 3.77. The second-order valence-electron chi connectivity index (χ2n) is 5.37. The summed E-state index contributed by atoms with van der Waals surface area (Å²) in [5.41, 5.74) is 1.18. The van der Waals surface area contributed by atoms with Gasteiger partial charge in [0.05, 0.1) is 10.7 Å². The predicted molar refractivity (Wildman–Crippen MR) is 87.6 cm³/mol. The highest BCUT2D eigenvalue weighted by Gasteiger charge is 2.29. The zero-order chi connectivity index (χ0) is 13.3. The molecule has 0 amide bonds. The van der Waals surface area contributed by atoms with Crippen LogP contribution in [0.5, 0.6) is 0 Å². The number of nitrogens with zero attached hydrogens (tertiary/aromatic N) is 1. The summed E-state index contributed by atoms with van der Waals surface area (Å²) in [4.78, 5) is 2.47. The van der Waals surface area contributed by atoms with Gasteiger partial charge in [-0.25, -0.2) is 0 Å². The molecule has 1 fully saturated rings. The smallest absolute Gasteiger partial charge is 0.0640 e. The highest BCUT2D eigenvalue weighted by molar-refractivity contribution is 14.1. The molecule has 4 heteroatoms. The van der Waals surface area contributed by atoms with Gasteiger partial charge < -0.3 is 10.2 Å². The second kappa shape index (κ2) is 5.97. The highest BCUT2D eigenvalue weighted by atomic mass is 127. The number of piperazine rings is 1. The Balaban J connectivity index is 2.34. The van der Waals surface area contributed by atoms with Crippen LogP contribution in [-0.4, -0.2) is 25.2 Å². The standard InChI is InChI=1S/C14H20ClIN2/c1-9(2)14-7-17-10(3)8-18(14)13-6-11(16)4-5-12(13)15/h4-6,9-10,14,17H,7-8H2,1-3H3. The number of anilines is 1. The van der Waals surface area contributed by atoms with Crippen LogP contribution >= 0.6 is 34.2 Å². The molecule has 0 bridgehead atoms. The maximum Gasteiger partial charge on any atom is 0.0640 e. The lowest BCUT2D eigenvalue weighted by molar-refractivity contribution is 0.349. The number of benzene rings is 1. The molecule has 1 aliphatic heterocycles. The van der Waals surface area contributed by atoms with Crippen LogP contribution < -0.4 is 10.2 Å². The van der Waals surface area contributed by atoms with Crippen molar-refractivity contribution in [3.63, 3.8) is 0 Å². The fourth-order valence-electron chi connectivity index (χ4n) is 2.51. The lowest BCUT2D eigenvalue weighted by atomic mass is 9.98. The molecule has 1 heterocycles. The van der Waals surface area contributed by atoms with Crippen LogP contribution in [0.25, 0.3) is 0 Å². The number of halogens is 2. The number of hydrogen-bond acceptors (Lipinski definition) is 2. The number of hydrogen-bond donors (Lipinski definition) is 1. The van der Waals surface area contributed by atoms with Gasteiger partial charge in [0.25, 0.3) is 0 Å². The van der Waals surface area contributed by atoms with Gasteiger partial charge in [-0.1, -0.05) is 25.4 Å². The van der Waals surface area contributed by atoms with Crippen molar-refractivity contribution in [3.8, 4) is 0 Å². The minimum absolute atomic E-state index is 0.508. The molecule has 0 radical (unpaired) electrons. The van der Waals surface area contributed by atoms with Gasteiger partial charge in [0.1, 0.15) is 0 Å². The van der Waals surface area contributed by atoms with E-state index >= 15 is 0 Å². The Morgan fingerprint density at radius 3 is 2.83 bits per heavy atom. The summed E-state index contributed by atoms with van der Waals surface area (Å²) in [5.74, 6) is 0.610. The topological polar surface area (TPSA) is 15.3 Å². The number of nitrogens with one attached hydrogen (secondary N) is 1.